The fourth-order valence-corrected chi connectivity index (χ4v) is 3.04. The molecular formula is C10H2Cl6O2. The molecule has 96 valence electrons. The highest BCUT2D eigenvalue weighted by Crippen LogP contribution is 2.53. The van der Waals surface area contributed by atoms with Crippen molar-refractivity contribution >= 4 is 80.4 Å². The molecule has 0 heterocycles. The zero-order valence-electron chi connectivity index (χ0n) is 8.16. The van der Waals surface area contributed by atoms with Gasteiger partial charge in [-0.3, -0.25) is 0 Å². The maximum atomic E-state index is 9.93. The molecule has 0 aliphatic heterocycles. The van der Waals surface area contributed by atoms with Crippen molar-refractivity contribution in [1.82, 2.24) is 0 Å². The van der Waals surface area contributed by atoms with Gasteiger partial charge in [-0.1, -0.05) is 69.6 Å². The van der Waals surface area contributed by atoms with Crippen molar-refractivity contribution in [1.29, 1.82) is 0 Å². The van der Waals surface area contributed by atoms with Gasteiger partial charge in [0.2, 0.25) is 0 Å². The SMILES string of the molecule is Oc1c(Cl)c(Cl)c2c(O)c(Cl)c(Cl)c(Cl)c2c1Cl. The molecule has 2 rings (SSSR count). The smallest absolute Gasteiger partial charge is 0.155 e. The van der Waals surface area contributed by atoms with E-state index in [1.54, 1.807) is 0 Å². The monoisotopic (exact) mass is 364 g/mol. The number of rotatable bonds is 0. The predicted molar refractivity (Wildman–Crippen MR) is 77.3 cm³/mol. The third-order valence-electron chi connectivity index (χ3n) is 2.35. The van der Waals surface area contributed by atoms with Crippen molar-refractivity contribution in [3.05, 3.63) is 30.1 Å². The second-order valence-corrected chi connectivity index (χ2v) is 5.60. The number of fused-ring (bicyclic) bond motifs is 1. The maximum absolute atomic E-state index is 9.93. The minimum absolute atomic E-state index is 0.0314. The Labute approximate surface area is 132 Å². The van der Waals surface area contributed by atoms with Crippen LogP contribution in [-0.2, 0) is 0 Å². The Hall–Kier alpha value is 0.0400. The van der Waals surface area contributed by atoms with Gasteiger partial charge in [0.05, 0.1) is 20.1 Å². The molecule has 0 atom stereocenters. The molecule has 2 N–H and O–H groups in total. The molecular weight excluding hydrogens is 365 g/mol. The molecule has 2 nitrogen and oxygen atoms in total. The van der Waals surface area contributed by atoms with Crippen molar-refractivity contribution in [2.45, 2.75) is 0 Å². The van der Waals surface area contributed by atoms with Gasteiger partial charge in [0.15, 0.2) is 5.75 Å². The van der Waals surface area contributed by atoms with Crippen LogP contribution < -0.4 is 0 Å². The van der Waals surface area contributed by atoms with Gasteiger partial charge in [-0.2, -0.15) is 0 Å². The zero-order valence-corrected chi connectivity index (χ0v) is 12.7. The van der Waals surface area contributed by atoms with E-state index >= 15 is 0 Å². The highest BCUT2D eigenvalue weighted by atomic mass is 35.5. The molecule has 0 radical (unpaired) electrons. The highest BCUT2D eigenvalue weighted by Gasteiger charge is 2.24. The summed E-state index contributed by atoms with van der Waals surface area (Å²) in [4.78, 5) is 0. The molecule has 0 bridgehead atoms. The van der Waals surface area contributed by atoms with Crippen LogP contribution in [0.25, 0.3) is 10.8 Å². The van der Waals surface area contributed by atoms with Crippen LogP contribution in [0, 0.1) is 0 Å². The summed E-state index contributed by atoms with van der Waals surface area (Å²) >= 11 is 35.3. The lowest BCUT2D eigenvalue weighted by molar-refractivity contribution is 0.475. The van der Waals surface area contributed by atoms with E-state index in [0.29, 0.717) is 0 Å². The summed E-state index contributed by atoms with van der Waals surface area (Å²) in [5.41, 5.74) is 0. The number of phenols is 2. The maximum Gasteiger partial charge on any atom is 0.155 e. The third-order valence-corrected chi connectivity index (χ3v) is 4.88. The lowest BCUT2D eigenvalue weighted by Gasteiger charge is -2.13. The summed E-state index contributed by atoms with van der Waals surface area (Å²) in [6, 6.07) is 0. The Morgan fingerprint density at radius 1 is 0.444 bits per heavy atom. The van der Waals surface area contributed by atoms with Crippen molar-refractivity contribution in [2.24, 2.45) is 0 Å². The van der Waals surface area contributed by atoms with Crippen LogP contribution in [0.5, 0.6) is 11.5 Å². The summed E-state index contributed by atoms with van der Waals surface area (Å²) in [6.07, 6.45) is 0. The minimum atomic E-state index is -0.449. The van der Waals surface area contributed by atoms with Crippen LogP contribution in [0.1, 0.15) is 0 Å². The Morgan fingerprint density at radius 3 is 1.44 bits per heavy atom. The molecule has 0 unspecified atom stereocenters. The quantitative estimate of drug-likeness (QED) is 0.432. The number of phenolic OH excluding ortho intramolecular Hbond substituents is 2. The van der Waals surface area contributed by atoms with Gasteiger partial charge in [0.25, 0.3) is 0 Å². The van der Waals surface area contributed by atoms with Crippen LogP contribution in [0.4, 0.5) is 0 Å². The Kier molecular flexibility index (Phi) is 3.90. The summed E-state index contributed by atoms with van der Waals surface area (Å²) in [6.45, 7) is 0. The van der Waals surface area contributed by atoms with Crippen molar-refractivity contribution in [3.8, 4) is 11.5 Å². The van der Waals surface area contributed by atoms with Crippen LogP contribution in [0.15, 0.2) is 0 Å². The Balaban J connectivity index is 3.22. The second-order valence-electron chi connectivity index (χ2n) is 3.33. The van der Waals surface area contributed by atoms with E-state index in [9.17, 15) is 10.2 Å². The summed E-state index contributed by atoms with van der Waals surface area (Å²) in [7, 11) is 0. The summed E-state index contributed by atoms with van der Waals surface area (Å²) in [5.74, 6) is -0.856. The van der Waals surface area contributed by atoms with Crippen molar-refractivity contribution in [2.75, 3.05) is 0 Å². The molecule has 0 aromatic heterocycles. The first-order chi connectivity index (χ1) is 8.29. The van der Waals surface area contributed by atoms with Crippen LogP contribution in [0.2, 0.25) is 30.1 Å². The molecule has 8 heteroatoms. The van der Waals surface area contributed by atoms with Gasteiger partial charge >= 0.3 is 0 Å². The summed E-state index contributed by atoms with van der Waals surface area (Å²) in [5, 5.41) is 18.9. The fraction of sp³-hybridized carbons (Fsp3) is 0. The van der Waals surface area contributed by atoms with Gasteiger partial charge in [-0.15, -0.1) is 0 Å². The zero-order chi connectivity index (χ0) is 13.8. The fourth-order valence-electron chi connectivity index (χ4n) is 1.50. The van der Waals surface area contributed by atoms with Gasteiger partial charge in [-0.25, -0.2) is 0 Å². The van der Waals surface area contributed by atoms with E-state index in [1.165, 1.54) is 0 Å². The molecule has 2 aromatic carbocycles. The number of aromatic hydroxyl groups is 2. The first kappa shape index (κ1) is 14.4. The van der Waals surface area contributed by atoms with Crippen LogP contribution >= 0.6 is 69.6 Å². The standard InChI is InChI=1S/C10H2Cl6O2/c11-3-1-2(9(17)8(16)6(3)14)4(12)7(15)10(18)5(1)13/h17-18H. The molecule has 0 amide bonds. The van der Waals surface area contributed by atoms with E-state index in [2.05, 4.69) is 0 Å². The van der Waals surface area contributed by atoms with E-state index < -0.39 is 11.5 Å². The third kappa shape index (κ3) is 1.87. The first-order valence-electron chi connectivity index (χ1n) is 4.33. The minimum Gasteiger partial charge on any atom is -0.506 e. The molecule has 0 aliphatic rings. The lowest BCUT2D eigenvalue weighted by Crippen LogP contribution is -1.86. The average Bonchev–Trinajstić information content (AvgIpc) is 2.35. The first-order valence-corrected chi connectivity index (χ1v) is 6.60. The van der Waals surface area contributed by atoms with E-state index in [4.69, 9.17) is 69.6 Å². The molecule has 0 aliphatic carbocycles. The second kappa shape index (κ2) is 4.86. The lowest BCUT2D eigenvalue weighted by atomic mass is 10.1. The number of hydrogen-bond donors (Lipinski definition) is 2. The largest absolute Gasteiger partial charge is 0.506 e. The van der Waals surface area contributed by atoms with Crippen molar-refractivity contribution < 1.29 is 10.2 Å². The van der Waals surface area contributed by atoms with Gasteiger partial charge < -0.3 is 10.2 Å². The normalized spacial score (nSPS) is 11.2. The predicted octanol–water partition coefficient (Wildman–Crippen LogP) is 6.17. The molecule has 0 saturated carbocycles. The van der Waals surface area contributed by atoms with E-state index in [-0.39, 0.29) is 40.9 Å². The number of hydrogen-bond acceptors (Lipinski definition) is 2. The molecule has 2 aromatic rings. The van der Waals surface area contributed by atoms with Gasteiger partial charge in [0, 0.05) is 10.8 Å². The molecule has 0 saturated heterocycles. The number of halogens is 6. The van der Waals surface area contributed by atoms with E-state index in [0.717, 1.165) is 0 Å². The van der Waals surface area contributed by atoms with Gasteiger partial charge in [-0.05, 0) is 0 Å². The molecule has 18 heavy (non-hydrogen) atoms. The average molecular weight is 367 g/mol. The van der Waals surface area contributed by atoms with E-state index in [1.807, 2.05) is 0 Å². The molecule has 0 spiro atoms. The number of benzene rings is 2. The highest BCUT2D eigenvalue weighted by molar-refractivity contribution is 6.56. The topological polar surface area (TPSA) is 40.5 Å². The molecule has 0 fully saturated rings. The summed E-state index contributed by atoms with van der Waals surface area (Å²) < 4.78 is 0. The van der Waals surface area contributed by atoms with Crippen LogP contribution in [0.3, 0.4) is 0 Å². The van der Waals surface area contributed by atoms with Crippen LogP contribution in [-0.4, -0.2) is 10.2 Å². The Bertz CT molecular complexity index is 569. The van der Waals surface area contributed by atoms with Crippen molar-refractivity contribution in [3.63, 3.8) is 0 Å². The van der Waals surface area contributed by atoms with Gasteiger partial charge in [0.1, 0.15) is 15.8 Å². The Morgan fingerprint density at radius 2 is 0.889 bits per heavy atom.